The maximum Gasteiger partial charge on any atom is 0.393 e. The van der Waals surface area contributed by atoms with Crippen molar-refractivity contribution in [1.82, 2.24) is 0 Å². The van der Waals surface area contributed by atoms with Crippen LogP contribution in [0.2, 0.25) is 0 Å². The molecular weight excluding hydrogens is 271 g/mol. The Balaban J connectivity index is 2.31. The zero-order valence-electron chi connectivity index (χ0n) is 11.1. The Morgan fingerprint density at radius 2 is 2.10 bits per heavy atom. The molecule has 0 saturated carbocycles. The standard InChI is InChI=1S/C14H16F3NO2/c1-9-4-5-11(13(19)20)12(7-9)18-6-2-3-10(8-18)14(15,16)17/h4-5,7,10H,2-3,6,8H2,1H3,(H,19,20). The summed E-state index contributed by atoms with van der Waals surface area (Å²) in [5.74, 6) is -2.51. The Labute approximate surface area is 115 Å². The summed E-state index contributed by atoms with van der Waals surface area (Å²) >= 11 is 0. The van der Waals surface area contributed by atoms with E-state index in [0.717, 1.165) is 5.56 Å². The first kappa shape index (κ1) is 14.7. The fraction of sp³-hybridized carbons (Fsp3) is 0.500. The number of carboxylic acids is 1. The highest BCUT2D eigenvalue weighted by molar-refractivity contribution is 5.94. The second-order valence-corrected chi connectivity index (χ2v) is 5.15. The second kappa shape index (κ2) is 5.34. The van der Waals surface area contributed by atoms with Crippen molar-refractivity contribution in [2.75, 3.05) is 18.0 Å². The lowest BCUT2D eigenvalue weighted by Gasteiger charge is -2.36. The van der Waals surface area contributed by atoms with Gasteiger partial charge in [0.1, 0.15) is 0 Å². The summed E-state index contributed by atoms with van der Waals surface area (Å²) in [7, 11) is 0. The molecule has 2 rings (SSSR count). The van der Waals surface area contributed by atoms with E-state index in [1.54, 1.807) is 19.1 Å². The third-order valence-corrected chi connectivity index (χ3v) is 3.61. The molecule has 1 aromatic rings. The highest BCUT2D eigenvalue weighted by atomic mass is 19.4. The summed E-state index contributed by atoms with van der Waals surface area (Å²) in [4.78, 5) is 12.7. The Hall–Kier alpha value is -1.72. The van der Waals surface area contributed by atoms with E-state index in [9.17, 15) is 18.0 Å². The van der Waals surface area contributed by atoms with Crippen LogP contribution in [0.1, 0.15) is 28.8 Å². The lowest BCUT2D eigenvalue weighted by atomic mass is 9.96. The molecule has 6 heteroatoms. The number of rotatable bonds is 2. The van der Waals surface area contributed by atoms with Crippen molar-refractivity contribution in [2.24, 2.45) is 5.92 Å². The van der Waals surface area contributed by atoms with Crippen LogP contribution in [0, 0.1) is 12.8 Å². The van der Waals surface area contributed by atoms with E-state index < -0.39 is 18.1 Å². The van der Waals surface area contributed by atoms with Crippen LogP contribution in [0.15, 0.2) is 18.2 Å². The second-order valence-electron chi connectivity index (χ2n) is 5.15. The van der Waals surface area contributed by atoms with E-state index in [4.69, 9.17) is 5.11 Å². The average molecular weight is 287 g/mol. The molecule has 1 unspecified atom stereocenters. The van der Waals surface area contributed by atoms with Gasteiger partial charge in [0.15, 0.2) is 0 Å². The number of piperidine rings is 1. The molecule has 1 fully saturated rings. The minimum atomic E-state index is -4.23. The number of benzene rings is 1. The summed E-state index contributed by atoms with van der Waals surface area (Å²) in [6, 6.07) is 4.74. The average Bonchev–Trinajstić information content (AvgIpc) is 2.37. The van der Waals surface area contributed by atoms with Gasteiger partial charge in [-0.2, -0.15) is 13.2 Å². The van der Waals surface area contributed by atoms with Crippen molar-refractivity contribution >= 4 is 11.7 Å². The van der Waals surface area contributed by atoms with Crippen LogP contribution in [-0.2, 0) is 0 Å². The zero-order valence-corrected chi connectivity index (χ0v) is 11.1. The van der Waals surface area contributed by atoms with Crippen molar-refractivity contribution in [3.8, 4) is 0 Å². The number of anilines is 1. The van der Waals surface area contributed by atoms with E-state index in [1.165, 1.54) is 11.0 Å². The molecule has 110 valence electrons. The van der Waals surface area contributed by atoms with Gasteiger partial charge in [0.05, 0.1) is 17.2 Å². The van der Waals surface area contributed by atoms with Crippen LogP contribution in [0.3, 0.4) is 0 Å². The molecule has 0 aromatic heterocycles. The normalized spacial score (nSPS) is 20.0. The molecular formula is C14H16F3NO2. The summed E-state index contributed by atoms with van der Waals surface area (Å²) < 4.78 is 38.5. The van der Waals surface area contributed by atoms with Crippen LogP contribution >= 0.6 is 0 Å². The Bertz CT molecular complexity index is 514. The van der Waals surface area contributed by atoms with Gasteiger partial charge in [-0.3, -0.25) is 0 Å². The van der Waals surface area contributed by atoms with Crippen LogP contribution in [0.4, 0.5) is 18.9 Å². The van der Waals surface area contributed by atoms with Gasteiger partial charge in [-0.1, -0.05) is 6.07 Å². The van der Waals surface area contributed by atoms with Crippen molar-refractivity contribution in [3.05, 3.63) is 29.3 Å². The van der Waals surface area contributed by atoms with E-state index in [2.05, 4.69) is 0 Å². The summed E-state index contributed by atoms with van der Waals surface area (Å²) in [5.41, 5.74) is 1.27. The number of nitrogens with zero attached hydrogens (tertiary/aromatic N) is 1. The maximum atomic E-state index is 12.8. The number of aryl methyl sites for hydroxylation is 1. The van der Waals surface area contributed by atoms with Crippen LogP contribution in [0.5, 0.6) is 0 Å². The first-order valence-electron chi connectivity index (χ1n) is 6.44. The lowest BCUT2D eigenvalue weighted by molar-refractivity contribution is -0.175. The Morgan fingerprint density at radius 3 is 2.70 bits per heavy atom. The largest absolute Gasteiger partial charge is 0.478 e. The van der Waals surface area contributed by atoms with E-state index in [-0.39, 0.29) is 18.5 Å². The molecule has 3 nitrogen and oxygen atoms in total. The lowest BCUT2D eigenvalue weighted by Crippen LogP contribution is -2.42. The number of aromatic carboxylic acids is 1. The molecule has 0 bridgehead atoms. The van der Waals surface area contributed by atoms with Gasteiger partial charge in [0.2, 0.25) is 0 Å². The maximum absolute atomic E-state index is 12.8. The smallest absolute Gasteiger partial charge is 0.393 e. The number of hydrogen-bond acceptors (Lipinski definition) is 2. The quantitative estimate of drug-likeness (QED) is 0.905. The predicted molar refractivity (Wildman–Crippen MR) is 69.1 cm³/mol. The number of alkyl halides is 3. The van der Waals surface area contributed by atoms with Gasteiger partial charge in [-0.05, 0) is 37.5 Å². The van der Waals surface area contributed by atoms with Gasteiger partial charge >= 0.3 is 12.1 Å². The molecule has 1 aromatic carbocycles. The van der Waals surface area contributed by atoms with Crippen molar-refractivity contribution in [3.63, 3.8) is 0 Å². The fourth-order valence-corrected chi connectivity index (χ4v) is 2.55. The third-order valence-electron chi connectivity index (χ3n) is 3.61. The molecule has 1 N–H and O–H groups in total. The molecule has 1 heterocycles. The van der Waals surface area contributed by atoms with Crippen LogP contribution in [0.25, 0.3) is 0 Å². The number of halogens is 3. The molecule has 1 atom stereocenters. The Kier molecular flexibility index (Phi) is 3.92. The highest BCUT2D eigenvalue weighted by Gasteiger charge is 2.42. The molecule has 0 spiro atoms. The first-order chi connectivity index (χ1) is 9.29. The zero-order chi connectivity index (χ0) is 14.9. The van der Waals surface area contributed by atoms with E-state index in [0.29, 0.717) is 18.7 Å². The fourth-order valence-electron chi connectivity index (χ4n) is 2.55. The van der Waals surface area contributed by atoms with Gasteiger partial charge in [-0.15, -0.1) is 0 Å². The van der Waals surface area contributed by atoms with Crippen molar-refractivity contribution < 1.29 is 23.1 Å². The number of hydrogen-bond donors (Lipinski definition) is 1. The van der Waals surface area contributed by atoms with Crippen molar-refractivity contribution in [1.29, 1.82) is 0 Å². The van der Waals surface area contributed by atoms with E-state index >= 15 is 0 Å². The molecule has 1 aliphatic rings. The minimum Gasteiger partial charge on any atom is -0.478 e. The van der Waals surface area contributed by atoms with E-state index in [1.807, 2.05) is 0 Å². The minimum absolute atomic E-state index is 0.0541. The van der Waals surface area contributed by atoms with Crippen LogP contribution < -0.4 is 4.90 Å². The van der Waals surface area contributed by atoms with Gasteiger partial charge in [0.25, 0.3) is 0 Å². The SMILES string of the molecule is Cc1ccc(C(=O)O)c(N2CCCC(C(F)(F)F)C2)c1. The molecule has 0 radical (unpaired) electrons. The van der Waals surface area contributed by atoms with Crippen LogP contribution in [-0.4, -0.2) is 30.3 Å². The first-order valence-corrected chi connectivity index (χ1v) is 6.44. The summed E-state index contributed by atoms with van der Waals surface area (Å²) in [6.45, 7) is 2.07. The van der Waals surface area contributed by atoms with Gasteiger partial charge in [-0.25, -0.2) is 4.79 Å². The topological polar surface area (TPSA) is 40.5 Å². The molecule has 0 aliphatic carbocycles. The van der Waals surface area contributed by atoms with Crippen molar-refractivity contribution in [2.45, 2.75) is 25.9 Å². The molecule has 1 aliphatic heterocycles. The third kappa shape index (κ3) is 3.05. The summed E-state index contributed by atoms with van der Waals surface area (Å²) in [5, 5.41) is 9.16. The van der Waals surface area contributed by atoms with Gasteiger partial charge in [0, 0.05) is 13.1 Å². The molecule has 1 saturated heterocycles. The molecule has 20 heavy (non-hydrogen) atoms. The number of carbonyl (C=O) groups is 1. The van der Waals surface area contributed by atoms with Gasteiger partial charge < -0.3 is 10.0 Å². The molecule has 0 amide bonds. The highest BCUT2D eigenvalue weighted by Crippen LogP contribution is 2.35. The Morgan fingerprint density at radius 1 is 1.40 bits per heavy atom. The monoisotopic (exact) mass is 287 g/mol. The summed E-state index contributed by atoms with van der Waals surface area (Å²) in [6.07, 6.45) is -3.71. The predicted octanol–water partition coefficient (Wildman–Crippen LogP) is 3.47. The number of carboxylic acid groups (broad SMARTS) is 1.